The molecule has 0 saturated carbocycles. The van der Waals surface area contributed by atoms with Crippen LogP contribution in [0.25, 0.3) is 28.1 Å². The summed E-state index contributed by atoms with van der Waals surface area (Å²) in [5.74, 6) is 0.699. The lowest BCUT2D eigenvalue weighted by Gasteiger charge is -2.15. The van der Waals surface area contributed by atoms with E-state index in [9.17, 15) is 9.59 Å². The van der Waals surface area contributed by atoms with Gasteiger partial charge in [0.2, 0.25) is 0 Å². The fourth-order valence-electron chi connectivity index (χ4n) is 5.32. The Bertz CT molecular complexity index is 1880. The van der Waals surface area contributed by atoms with Gasteiger partial charge in [0, 0.05) is 34.6 Å². The van der Waals surface area contributed by atoms with Gasteiger partial charge in [0.1, 0.15) is 18.8 Å². The highest BCUT2D eigenvalue weighted by atomic mass is 35.5. The van der Waals surface area contributed by atoms with Crippen LogP contribution in [0.2, 0.25) is 5.02 Å². The predicted octanol–water partition coefficient (Wildman–Crippen LogP) is 4.37. The molecule has 0 radical (unpaired) electrons. The monoisotopic (exact) mass is 676 g/mol. The van der Waals surface area contributed by atoms with Crippen LogP contribution in [0.5, 0.6) is 0 Å². The van der Waals surface area contributed by atoms with Gasteiger partial charge < -0.3 is 28.9 Å². The van der Waals surface area contributed by atoms with Gasteiger partial charge in [0.15, 0.2) is 0 Å². The Morgan fingerprint density at radius 2 is 1.85 bits per heavy atom. The van der Waals surface area contributed by atoms with Gasteiger partial charge in [-0.05, 0) is 77.7 Å². The molecule has 0 bridgehead atoms. The summed E-state index contributed by atoms with van der Waals surface area (Å²) >= 11 is 6.32. The van der Waals surface area contributed by atoms with E-state index in [1.54, 1.807) is 45.8 Å². The number of rotatable bonds is 12. The number of carbonyl (C=O) groups excluding carboxylic acids is 1. The van der Waals surface area contributed by atoms with E-state index in [0.717, 1.165) is 40.2 Å². The molecule has 0 unspecified atom stereocenters. The smallest absolute Gasteiger partial charge is 0.411 e. The largest absolute Gasteiger partial charge is 0.483 e. The number of aromatic nitrogens is 7. The van der Waals surface area contributed by atoms with Crippen molar-refractivity contribution in [2.45, 2.75) is 25.8 Å². The number of carbonyl (C=O) groups is 2. The molecule has 0 saturated heterocycles. The lowest BCUT2D eigenvalue weighted by Crippen LogP contribution is -2.23. The Morgan fingerprint density at radius 3 is 2.60 bits per heavy atom. The van der Waals surface area contributed by atoms with Crippen LogP contribution in [0.3, 0.4) is 0 Å². The molecule has 16 heteroatoms. The summed E-state index contributed by atoms with van der Waals surface area (Å²) in [5, 5.41) is 21.6. The molecule has 1 atom stereocenters. The van der Waals surface area contributed by atoms with Crippen molar-refractivity contribution in [3.8, 4) is 28.1 Å². The molecule has 4 heterocycles. The Labute approximate surface area is 279 Å². The van der Waals surface area contributed by atoms with Crippen molar-refractivity contribution in [3.05, 3.63) is 94.0 Å². The molecule has 250 valence electrons. The molecule has 1 aliphatic heterocycles. The van der Waals surface area contributed by atoms with E-state index in [-0.39, 0.29) is 24.7 Å². The lowest BCUT2D eigenvalue weighted by molar-refractivity contribution is -0.122. The first-order chi connectivity index (χ1) is 23.4. The molecule has 15 nitrogen and oxygen atoms in total. The number of nitrogens with zero attached hydrogens (tertiary/aromatic N) is 6. The average Bonchev–Trinajstić information content (AvgIpc) is 3.87. The van der Waals surface area contributed by atoms with Crippen LogP contribution in [0, 0.1) is 0 Å². The third-order valence-electron chi connectivity index (χ3n) is 7.39. The minimum Gasteiger partial charge on any atom is -0.483 e. The average molecular weight is 677 g/mol. The standard InChI is InChI=1S/C31H31ClN8O5.CH2O2/c1-2-43-11-12-44-13-14-45-31(42)35-23-6-3-20(4-7-23)26-18-33-30(36-26)28-10-8-24-15-21(16-29(41)40(24)28)25-17-22(32)5-9-27(25)39-19-34-37-38-39;2-1-3/h3-7,9,15-19,28H,2,8,10-14H2,1H3,(H,33,36)(H,35,42);1H,(H,2,3)/t28-;/m0./s1. The number of H-pyrrole nitrogens is 1. The minimum absolute atomic E-state index is 0.134. The molecule has 0 aliphatic carbocycles. The van der Waals surface area contributed by atoms with Crippen LogP contribution in [-0.4, -0.2) is 85.4 Å². The fraction of sp³-hybridized carbons (Fsp3) is 0.281. The molecular weight excluding hydrogens is 644 g/mol. The Kier molecular flexibility index (Phi) is 11.6. The summed E-state index contributed by atoms with van der Waals surface area (Å²) in [6.07, 6.45) is 4.12. The number of nitrogens with one attached hydrogen (secondary N) is 2. The van der Waals surface area contributed by atoms with Gasteiger partial charge in [-0.2, -0.15) is 4.68 Å². The van der Waals surface area contributed by atoms with Crippen molar-refractivity contribution in [2.24, 2.45) is 0 Å². The number of hydrogen-bond donors (Lipinski definition) is 3. The summed E-state index contributed by atoms with van der Waals surface area (Å²) in [4.78, 5) is 42.0. The summed E-state index contributed by atoms with van der Waals surface area (Å²) < 4.78 is 19.0. The van der Waals surface area contributed by atoms with Gasteiger partial charge in [0.25, 0.3) is 12.0 Å². The topological polar surface area (TPSA) is 188 Å². The molecule has 2 aromatic carbocycles. The molecular formula is C32H33ClN8O7. The molecule has 0 spiro atoms. The summed E-state index contributed by atoms with van der Waals surface area (Å²) in [5.41, 5.74) is 5.26. The highest BCUT2D eigenvalue weighted by molar-refractivity contribution is 6.31. The first kappa shape index (κ1) is 34.0. The number of ether oxygens (including phenoxy) is 3. The van der Waals surface area contributed by atoms with Gasteiger partial charge in [-0.3, -0.25) is 14.9 Å². The molecule has 3 N–H and O–H groups in total. The predicted molar refractivity (Wildman–Crippen MR) is 175 cm³/mol. The third kappa shape index (κ3) is 8.31. The zero-order chi connectivity index (χ0) is 33.9. The lowest BCUT2D eigenvalue weighted by atomic mass is 10.0. The van der Waals surface area contributed by atoms with Gasteiger partial charge in [-0.1, -0.05) is 23.7 Å². The summed E-state index contributed by atoms with van der Waals surface area (Å²) in [6.45, 7) is 3.71. The fourth-order valence-corrected chi connectivity index (χ4v) is 5.49. The number of benzene rings is 2. The number of hydrogen-bond acceptors (Lipinski definition) is 10. The number of anilines is 1. The number of amides is 1. The summed E-state index contributed by atoms with van der Waals surface area (Å²) in [7, 11) is 0. The molecule has 1 aliphatic rings. The molecule has 3 aromatic heterocycles. The number of aryl methyl sites for hydroxylation is 1. The molecule has 6 rings (SSSR count). The maximum absolute atomic E-state index is 13.5. The number of tetrazole rings is 1. The van der Waals surface area contributed by atoms with Crippen molar-refractivity contribution < 1.29 is 28.9 Å². The minimum atomic E-state index is -0.560. The number of pyridine rings is 1. The number of carboxylic acid groups (broad SMARTS) is 1. The van der Waals surface area contributed by atoms with E-state index in [0.29, 0.717) is 49.4 Å². The molecule has 0 fully saturated rings. The number of halogens is 1. The highest BCUT2D eigenvalue weighted by Gasteiger charge is 2.28. The highest BCUT2D eigenvalue weighted by Crippen LogP contribution is 2.34. The second-order valence-corrected chi connectivity index (χ2v) is 10.8. The van der Waals surface area contributed by atoms with E-state index in [2.05, 4.69) is 30.8 Å². The Morgan fingerprint density at radius 1 is 1.08 bits per heavy atom. The normalized spacial score (nSPS) is 13.3. The SMILES string of the molecule is CCOCCOCCOC(=O)Nc1ccc(-c2cnc([C@@H]3CCc4cc(-c5cc(Cl)ccc5-n5cnnn5)cc(=O)n43)[nH]2)cc1.O=CO. The van der Waals surface area contributed by atoms with Crippen LogP contribution in [0.1, 0.15) is 30.9 Å². The third-order valence-corrected chi connectivity index (χ3v) is 7.62. The van der Waals surface area contributed by atoms with Crippen LogP contribution < -0.4 is 10.9 Å². The second-order valence-electron chi connectivity index (χ2n) is 10.3. The maximum atomic E-state index is 13.5. The van der Waals surface area contributed by atoms with E-state index in [4.69, 9.17) is 35.7 Å². The second kappa shape index (κ2) is 16.4. The van der Waals surface area contributed by atoms with Gasteiger partial charge in [0.05, 0.1) is 43.4 Å². The Balaban J connectivity index is 0.00000145. The van der Waals surface area contributed by atoms with Crippen LogP contribution in [0.4, 0.5) is 10.5 Å². The molecule has 5 aromatic rings. The van der Waals surface area contributed by atoms with Crippen molar-refractivity contribution in [3.63, 3.8) is 0 Å². The van der Waals surface area contributed by atoms with Gasteiger partial charge in [-0.15, -0.1) is 5.10 Å². The van der Waals surface area contributed by atoms with Crippen LogP contribution >= 0.6 is 11.6 Å². The maximum Gasteiger partial charge on any atom is 0.411 e. The number of fused-ring (bicyclic) bond motifs is 1. The first-order valence-corrected chi connectivity index (χ1v) is 15.4. The van der Waals surface area contributed by atoms with Crippen molar-refractivity contribution >= 4 is 29.9 Å². The zero-order valence-electron chi connectivity index (χ0n) is 25.9. The molecule has 1 amide bonds. The number of aromatic amines is 1. The van der Waals surface area contributed by atoms with E-state index < -0.39 is 6.09 Å². The van der Waals surface area contributed by atoms with Crippen LogP contribution in [0.15, 0.2) is 71.9 Å². The van der Waals surface area contributed by atoms with Gasteiger partial charge in [-0.25, -0.2) is 9.78 Å². The van der Waals surface area contributed by atoms with Crippen LogP contribution in [-0.2, 0) is 25.4 Å². The van der Waals surface area contributed by atoms with Gasteiger partial charge >= 0.3 is 6.09 Å². The van der Waals surface area contributed by atoms with E-state index in [1.807, 2.05) is 31.2 Å². The van der Waals surface area contributed by atoms with E-state index >= 15 is 0 Å². The van der Waals surface area contributed by atoms with Crippen molar-refractivity contribution in [1.82, 2.24) is 34.7 Å². The number of imidazole rings is 1. The summed E-state index contributed by atoms with van der Waals surface area (Å²) in [6, 6.07) is 16.1. The zero-order valence-corrected chi connectivity index (χ0v) is 26.7. The first-order valence-electron chi connectivity index (χ1n) is 15.0. The van der Waals surface area contributed by atoms with Crippen molar-refractivity contribution in [1.29, 1.82) is 0 Å². The quantitative estimate of drug-likeness (QED) is 0.126. The molecule has 48 heavy (non-hydrogen) atoms. The Hall–Kier alpha value is -5.38. The van der Waals surface area contributed by atoms with Crippen molar-refractivity contribution in [2.75, 3.05) is 38.4 Å². The van der Waals surface area contributed by atoms with E-state index in [1.165, 1.54) is 6.33 Å².